The second kappa shape index (κ2) is 10.1. The molecule has 2 aliphatic heterocycles. The molecule has 2 aliphatic rings. The molecule has 0 bridgehead atoms. The van der Waals surface area contributed by atoms with Gasteiger partial charge >= 0.3 is 0 Å². The lowest BCUT2D eigenvalue weighted by molar-refractivity contribution is -0.120. The molecule has 2 aromatic carbocycles. The second-order valence-electron chi connectivity index (χ2n) is 9.95. The van der Waals surface area contributed by atoms with Gasteiger partial charge in [0.2, 0.25) is 15.9 Å². The molecule has 2 aromatic rings. The number of anilines is 1. The lowest BCUT2D eigenvalue weighted by atomic mass is 9.89. The van der Waals surface area contributed by atoms with Gasteiger partial charge in [0.05, 0.1) is 31.2 Å². The summed E-state index contributed by atoms with van der Waals surface area (Å²) < 4.78 is 37.6. The molecule has 1 unspecified atom stereocenters. The number of aryl methyl sites for hydroxylation is 1. The first-order chi connectivity index (χ1) is 16.9. The van der Waals surface area contributed by atoms with Crippen LogP contribution in [-0.2, 0) is 19.6 Å². The molecule has 9 nitrogen and oxygen atoms in total. The predicted molar refractivity (Wildman–Crippen MR) is 137 cm³/mol. The standard InChI is InChI=1S/C26H33N3O6S/c1-18-5-10-23-21(15-18)22(16-26(2,3)35-23)27-24(30)17-29(36(4,32)33)20-8-6-19(7-9-20)25(31)28-11-13-34-14-12-28/h5-10,15,22H,11-14,16-17H2,1-4H3,(H,27,30). The zero-order chi connectivity index (χ0) is 26.1. The van der Waals surface area contributed by atoms with E-state index in [1.165, 1.54) is 0 Å². The molecule has 1 saturated heterocycles. The third-order valence-electron chi connectivity index (χ3n) is 6.35. The third kappa shape index (κ3) is 5.99. The van der Waals surface area contributed by atoms with E-state index in [1.807, 2.05) is 39.0 Å². The maximum absolute atomic E-state index is 13.1. The highest BCUT2D eigenvalue weighted by molar-refractivity contribution is 7.92. The van der Waals surface area contributed by atoms with Crippen molar-refractivity contribution < 1.29 is 27.5 Å². The van der Waals surface area contributed by atoms with E-state index in [4.69, 9.17) is 9.47 Å². The number of hydrogen-bond acceptors (Lipinski definition) is 6. The molecule has 194 valence electrons. The van der Waals surface area contributed by atoms with E-state index >= 15 is 0 Å². The number of carbonyl (C=O) groups is 2. The van der Waals surface area contributed by atoms with Crippen LogP contribution in [0.4, 0.5) is 5.69 Å². The average molecular weight is 516 g/mol. The minimum Gasteiger partial charge on any atom is -0.487 e. The zero-order valence-corrected chi connectivity index (χ0v) is 21.9. The van der Waals surface area contributed by atoms with Crippen LogP contribution in [0.25, 0.3) is 0 Å². The number of hydrogen-bond donors (Lipinski definition) is 1. The number of ether oxygens (including phenoxy) is 2. The fraction of sp³-hybridized carbons (Fsp3) is 0.462. The molecule has 36 heavy (non-hydrogen) atoms. The number of fused-ring (bicyclic) bond motifs is 1. The Morgan fingerprint density at radius 3 is 2.42 bits per heavy atom. The highest BCUT2D eigenvalue weighted by Crippen LogP contribution is 2.39. The fourth-order valence-corrected chi connectivity index (χ4v) is 5.45. The molecule has 0 aromatic heterocycles. The van der Waals surface area contributed by atoms with Crippen LogP contribution in [0, 0.1) is 6.92 Å². The molecule has 0 spiro atoms. The molecule has 1 atom stereocenters. The Kier molecular flexibility index (Phi) is 7.28. The van der Waals surface area contributed by atoms with Gasteiger partial charge in [-0.05, 0) is 51.1 Å². The Bertz CT molecular complexity index is 1240. The summed E-state index contributed by atoms with van der Waals surface area (Å²) in [5, 5.41) is 3.01. The van der Waals surface area contributed by atoms with Gasteiger partial charge in [0.15, 0.2) is 0 Å². The molecule has 0 aliphatic carbocycles. The van der Waals surface area contributed by atoms with Crippen molar-refractivity contribution in [2.45, 2.75) is 38.8 Å². The van der Waals surface area contributed by atoms with Crippen molar-refractivity contribution in [1.82, 2.24) is 10.2 Å². The van der Waals surface area contributed by atoms with Gasteiger partial charge < -0.3 is 19.7 Å². The first-order valence-electron chi connectivity index (χ1n) is 12.0. The number of morpholine rings is 1. The van der Waals surface area contributed by atoms with E-state index in [-0.39, 0.29) is 18.5 Å². The van der Waals surface area contributed by atoms with E-state index in [0.29, 0.717) is 49.7 Å². The first-order valence-corrected chi connectivity index (χ1v) is 13.8. The third-order valence-corrected chi connectivity index (χ3v) is 7.49. The molecule has 0 saturated carbocycles. The van der Waals surface area contributed by atoms with Gasteiger partial charge in [0, 0.05) is 30.6 Å². The molecule has 4 rings (SSSR count). The summed E-state index contributed by atoms with van der Waals surface area (Å²) in [7, 11) is -3.76. The van der Waals surface area contributed by atoms with Gasteiger partial charge in [-0.2, -0.15) is 0 Å². The summed E-state index contributed by atoms with van der Waals surface area (Å²) >= 11 is 0. The average Bonchev–Trinajstić information content (AvgIpc) is 2.82. The van der Waals surface area contributed by atoms with Crippen LogP contribution in [0.15, 0.2) is 42.5 Å². The lowest BCUT2D eigenvalue weighted by Gasteiger charge is -2.38. The fourth-order valence-electron chi connectivity index (χ4n) is 4.59. The minimum absolute atomic E-state index is 0.135. The highest BCUT2D eigenvalue weighted by atomic mass is 32.2. The minimum atomic E-state index is -3.76. The Labute approximate surface area is 212 Å². The van der Waals surface area contributed by atoms with Gasteiger partial charge in [0.1, 0.15) is 17.9 Å². The number of sulfonamides is 1. The summed E-state index contributed by atoms with van der Waals surface area (Å²) in [6.45, 7) is 7.52. The normalized spacial score (nSPS) is 19.1. The summed E-state index contributed by atoms with van der Waals surface area (Å²) in [4.78, 5) is 27.5. The van der Waals surface area contributed by atoms with Crippen molar-refractivity contribution in [2.24, 2.45) is 0 Å². The quantitative estimate of drug-likeness (QED) is 0.634. The number of nitrogens with zero attached hydrogens (tertiary/aromatic N) is 2. The smallest absolute Gasteiger partial charge is 0.254 e. The number of amides is 2. The molecule has 2 heterocycles. The van der Waals surface area contributed by atoms with Gasteiger partial charge in [-0.3, -0.25) is 13.9 Å². The van der Waals surface area contributed by atoms with Crippen LogP contribution in [0.5, 0.6) is 5.75 Å². The van der Waals surface area contributed by atoms with Crippen molar-refractivity contribution in [2.75, 3.05) is 43.4 Å². The number of carbonyl (C=O) groups excluding carboxylic acids is 2. The van der Waals surface area contributed by atoms with Gasteiger partial charge in [0.25, 0.3) is 5.91 Å². The van der Waals surface area contributed by atoms with Gasteiger partial charge in [-0.1, -0.05) is 17.7 Å². The molecule has 1 N–H and O–H groups in total. The molecule has 1 fully saturated rings. The summed E-state index contributed by atoms with van der Waals surface area (Å²) in [5.74, 6) is 0.149. The Morgan fingerprint density at radius 1 is 1.11 bits per heavy atom. The second-order valence-corrected chi connectivity index (χ2v) is 11.9. The van der Waals surface area contributed by atoms with Crippen molar-refractivity contribution in [1.29, 1.82) is 0 Å². The molecular formula is C26H33N3O6S. The summed E-state index contributed by atoms with van der Waals surface area (Å²) in [6, 6.07) is 11.8. The maximum Gasteiger partial charge on any atom is 0.254 e. The largest absolute Gasteiger partial charge is 0.487 e. The molecule has 10 heteroatoms. The topological polar surface area (TPSA) is 105 Å². The number of benzene rings is 2. The Morgan fingerprint density at radius 2 is 1.78 bits per heavy atom. The van der Waals surface area contributed by atoms with Crippen molar-refractivity contribution >= 4 is 27.5 Å². The molecule has 0 radical (unpaired) electrons. The van der Waals surface area contributed by atoms with Crippen LogP contribution < -0.4 is 14.4 Å². The molecular weight excluding hydrogens is 482 g/mol. The van der Waals surface area contributed by atoms with Crippen molar-refractivity contribution in [3.05, 3.63) is 59.2 Å². The van der Waals surface area contributed by atoms with Crippen LogP contribution >= 0.6 is 0 Å². The van der Waals surface area contributed by atoms with Crippen LogP contribution in [0.3, 0.4) is 0 Å². The van der Waals surface area contributed by atoms with E-state index in [9.17, 15) is 18.0 Å². The monoisotopic (exact) mass is 515 g/mol. The zero-order valence-electron chi connectivity index (χ0n) is 21.1. The number of nitrogens with one attached hydrogen (secondary N) is 1. The summed E-state index contributed by atoms with van der Waals surface area (Å²) in [6.07, 6.45) is 1.61. The van der Waals surface area contributed by atoms with E-state index in [1.54, 1.807) is 29.2 Å². The molecule has 2 amide bonds. The van der Waals surface area contributed by atoms with Gasteiger partial charge in [-0.15, -0.1) is 0 Å². The summed E-state index contributed by atoms with van der Waals surface area (Å²) in [5.41, 5.74) is 2.20. The Hall–Kier alpha value is -3.11. The number of rotatable bonds is 6. The van der Waals surface area contributed by atoms with Crippen LogP contribution in [0.2, 0.25) is 0 Å². The maximum atomic E-state index is 13.1. The van der Waals surface area contributed by atoms with Gasteiger partial charge in [-0.25, -0.2) is 8.42 Å². The highest BCUT2D eigenvalue weighted by Gasteiger charge is 2.35. The van der Waals surface area contributed by atoms with E-state index in [0.717, 1.165) is 21.7 Å². The van der Waals surface area contributed by atoms with Crippen molar-refractivity contribution in [3.63, 3.8) is 0 Å². The predicted octanol–water partition coefficient (Wildman–Crippen LogP) is 2.65. The van der Waals surface area contributed by atoms with Crippen molar-refractivity contribution in [3.8, 4) is 5.75 Å². The lowest BCUT2D eigenvalue weighted by Crippen LogP contribution is -2.45. The first kappa shape index (κ1) is 26.0. The Balaban J connectivity index is 1.50. The van der Waals surface area contributed by atoms with Crippen LogP contribution in [0.1, 0.15) is 47.8 Å². The van der Waals surface area contributed by atoms with E-state index < -0.39 is 21.5 Å². The van der Waals surface area contributed by atoms with Crippen LogP contribution in [-0.4, -0.2) is 69.8 Å². The van der Waals surface area contributed by atoms with E-state index in [2.05, 4.69) is 5.32 Å². The SMILES string of the molecule is Cc1ccc2c(c1)C(NC(=O)CN(c1ccc(C(=O)N3CCOCC3)cc1)S(C)(=O)=O)CC(C)(C)O2.